The summed E-state index contributed by atoms with van der Waals surface area (Å²) >= 11 is 2.90. The number of hydrazone groups is 1. The molecule has 154 valence electrons. The number of thiophene rings is 1. The summed E-state index contributed by atoms with van der Waals surface area (Å²) in [4.78, 5) is 28.8. The standard InChI is InChI=1S/C22H16N4O3S2/c1-15-4-10-19-20(13-15)31-22(24-19)25(21(27)11-9-18-3-2-12-30-18)23-14-16-5-7-17(8-6-16)26(28)29/h2-14H,1H3/b11-9+,23-14+. The molecule has 0 radical (unpaired) electrons. The number of benzene rings is 2. The lowest BCUT2D eigenvalue weighted by Gasteiger charge is -2.11. The van der Waals surface area contributed by atoms with Crippen molar-refractivity contribution in [2.45, 2.75) is 6.92 Å². The number of thiazole rings is 1. The number of nitro benzene ring substituents is 1. The van der Waals surface area contributed by atoms with Gasteiger partial charge in [-0.25, -0.2) is 4.98 Å². The van der Waals surface area contributed by atoms with Crippen LogP contribution >= 0.6 is 22.7 Å². The van der Waals surface area contributed by atoms with E-state index in [0.29, 0.717) is 10.7 Å². The number of hydrogen-bond donors (Lipinski definition) is 0. The fraction of sp³-hybridized carbons (Fsp3) is 0.0455. The van der Waals surface area contributed by atoms with E-state index in [4.69, 9.17) is 0 Å². The summed E-state index contributed by atoms with van der Waals surface area (Å²) in [6.07, 6.45) is 4.67. The van der Waals surface area contributed by atoms with Crippen LogP contribution in [0.5, 0.6) is 0 Å². The van der Waals surface area contributed by atoms with Gasteiger partial charge in [0.05, 0.1) is 21.4 Å². The van der Waals surface area contributed by atoms with E-state index in [2.05, 4.69) is 10.1 Å². The molecule has 0 N–H and O–H groups in total. The molecule has 0 fully saturated rings. The van der Waals surface area contributed by atoms with Crippen LogP contribution in [-0.4, -0.2) is 22.0 Å². The molecule has 0 atom stereocenters. The normalized spacial score (nSPS) is 11.5. The average Bonchev–Trinajstić information content (AvgIpc) is 3.42. The summed E-state index contributed by atoms with van der Waals surface area (Å²) in [6, 6.07) is 15.7. The van der Waals surface area contributed by atoms with Crippen molar-refractivity contribution in [2.24, 2.45) is 5.10 Å². The number of rotatable bonds is 6. The number of nitro groups is 1. The number of non-ortho nitro benzene ring substituents is 1. The molecule has 0 saturated carbocycles. The van der Waals surface area contributed by atoms with Crippen molar-refractivity contribution >= 4 is 61.9 Å². The monoisotopic (exact) mass is 448 g/mol. The molecule has 0 spiro atoms. The van der Waals surface area contributed by atoms with E-state index in [1.807, 2.05) is 42.6 Å². The molecule has 2 aromatic heterocycles. The van der Waals surface area contributed by atoms with Crippen LogP contribution in [0.3, 0.4) is 0 Å². The van der Waals surface area contributed by atoms with Crippen LogP contribution < -0.4 is 5.01 Å². The predicted octanol–water partition coefficient (Wildman–Crippen LogP) is 5.65. The van der Waals surface area contributed by atoms with Gasteiger partial charge in [0.25, 0.3) is 11.6 Å². The Bertz CT molecular complexity index is 1290. The van der Waals surface area contributed by atoms with Gasteiger partial charge in [-0.3, -0.25) is 14.9 Å². The third-order valence-electron chi connectivity index (χ3n) is 4.28. The van der Waals surface area contributed by atoms with E-state index in [9.17, 15) is 14.9 Å². The van der Waals surface area contributed by atoms with Gasteiger partial charge in [-0.1, -0.05) is 23.5 Å². The minimum Gasteiger partial charge on any atom is -0.267 e. The van der Waals surface area contributed by atoms with E-state index in [0.717, 1.165) is 20.7 Å². The van der Waals surface area contributed by atoms with Crippen molar-refractivity contribution in [3.05, 3.63) is 92.2 Å². The lowest BCUT2D eigenvalue weighted by Crippen LogP contribution is -2.23. The number of aryl methyl sites for hydroxylation is 1. The molecule has 4 aromatic rings. The number of aromatic nitrogens is 1. The van der Waals surface area contributed by atoms with Crippen molar-refractivity contribution in [2.75, 3.05) is 5.01 Å². The number of nitrogens with zero attached hydrogens (tertiary/aromatic N) is 4. The Hall–Kier alpha value is -3.69. The first-order valence-electron chi connectivity index (χ1n) is 9.21. The largest absolute Gasteiger partial charge is 0.273 e. The van der Waals surface area contributed by atoms with Gasteiger partial charge in [-0.05, 0) is 59.8 Å². The summed E-state index contributed by atoms with van der Waals surface area (Å²) in [7, 11) is 0. The summed E-state index contributed by atoms with van der Waals surface area (Å²) in [6.45, 7) is 2.00. The zero-order valence-electron chi connectivity index (χ0n) is 16.3. The number of carbonyl (C=O) groups excluding carboxylic acids is 1. The highest BCUT2D eigenvalue weighted by Crippen LogP contribution is 2.30. The Kier molecular flexibility index (Phi) is 5.96. The van der Waals surface area contributed by atoms with E-state index in [-0.39, 0.29) is 11.6 Å². The number of fused-ring (bicyclic) bond motifs is 1. The fourth-order valence-electron chi connectivity index (χ4n) is 2.73. The van der Waals surface area contributed by atoms with Crippen LogP contribution in [0, 0.1) is 17.0 Å². The molecule has 0 unspecified atom stereocenters. The van der Waals surface area contributed by atoms with Gasteiger partial charge in [-0.2, -0.15) is 10.1 Å². The minimum atomic E-state index is -0.463. The van der Waals surface area contributed by atoms with Crippen LogP contribution in [0.4, 0.5) is 10.8 Å². The van der Waals surface area contributed by atoms with Crippen LogP contribution in [0.15, 0.2) is 71.2 Å². The molecule has 0 aliphatic rings. The molecule has 4 rings (SSSR count). The third-order valence-corrected chi connectivity index (χ3v) is 6.11. The Balaban J connectivity index is 1.67. The second-order valence-electron chi connectivity index (χ2n) is 6.56. The van der Waals surface area contributed by atoms with Crippen LogP contribution in [0.25, 0.3) is 16.3 Å². The van der Waals surface area contributed by atoms with Gasteiger partial charge < -0.3 is 0 Å². The van der Waals surface area contributed by atoms with Gasteiger partial charge in [-0.15, -0.1) is 11.3 Å². The summed E-state index contributed by atoms with van der Waals surface area (Å²) in [5.74, 6) is -0.345. The van der Waals surface area contributed by atoms with Gasteiger partial charge in [0, 0.05) is 23.1 Å². The summed E-state index contributed by atoms with van der Waals surface area (Å²) in [5, 5.41) is 18.8. The van der Waals surface area contributed by atoms with E-state index < -0.39 is 4.92 Å². The molecular weight excluding hydrogens is 432 g/mol. The van der Waals surface area contributed by atoms with Crippen molar-refractivity contribution in [3.8, 4) is 0 Å². The maximum Gasteiger partial charge on any atom is 0.273 e. The van der Waals surface area contributed by atoms with Gasteiger partial charge in [0.1, 0.15) is 0 Å². The van der Waals surface area contributed by atoms with Crippen LogP contribution in [0.2, 0.25) is 0 Å². The number of amides is 1. The SMILES string of the molecule is Cc1ccc2nc(N(/N=C/c3ccc([N+](=O)[O-])cc3)C(=O)/C=C/c3cccs3)sc2c1. The molecule has 31 heavy (non-hydrogen) atoms. The first-order chi connectivity index (χ1) is 15.0. The second kappa shape index (κ2) is 8.99. The molecule has 2 aromatic carbocycles. The lowest BCUT2D eigenvalue weighted by atomic mass is 10.2. The van der Waals surface area contributed by atoms with Gasteiger partial charge in [0.15, 0.2) is 0 Å². The Morgan fingerprint density at radius 3 is 2.71 bits per heavy atom. The zero-order valence-corrected chi connectivity index (χ0v) is 18.0. The predicted molar refractivity (Wildman–Crippen MR) is 126 cm³/mol. The summed E-state index contributed by atoms with van der Waals surface area (Å²) < 4.78 is 0.959. The zero-order chi connectivity index (χ0) is 21.8. The number of carbonyl (C=O) groups is 1. The molecule has 1 amide bonds. The first kappa shape index (κ1) is 20.6. The Labute approximate surface area is 185 Å². The second-order valence-corrected chi connectivity index (χ2v) is 8.55. The van der Waals surface area contributed by atoms with Gasteiger partial charge >= 0.3 is 0 Å². The molecule has 2 heterocycles. The highest BCUT2D eigenvalue weighted by molar-refractivity contribution is 7.22. The highest BCUT2D eigenvalue weighted by atomic mass is 32.1. The van der Waals surface area contributed by atoms with E-state index in [1.54, 1.807) is 18.2 Å². The maximum atomic E-state index is 13.0. The maximum absolute atomic E-state index is 13.0. The summed E-state index contributed by atoms with van der Waals surface area (Å²) in [5.41, 5.74) is 2.51. The van der Waals surface area contributed by atoms with Crippen molar-refractivity contribution in [1.29, 1.82) is 0 Å². The number of anilines is 1. The Morgan fingerprint density at radius 2 is 2.00 bits per heavy atom. The molecule has 7 nitrogen and oxygen atoms in total. The van der Waals surface area contributed by atoms with Gasteiger partial charge in [0.2, 0.25) is 5.13 Å². The smallest absolute Gasteiger partial charge is 0.267 e. The molecule has 0 saturated heterocycles. The van der Waals surface area contributed by atoms with Crippen LogP contribution in [-0.2, 0) is 4.79 Å². The molecule has 9 heteroatoms. The first-order valence-corrected chi connectivity index (χ1v) is 10.9. The van der Waals surface area contributed by atoms with E-state index in [1.165, 1.54) is 52.1 Å². The lowest BCUT2D eigenvalue weighted by molar-refractivity contribution is -0.384. The molecular formula is C22H16N4O3S2. The van der Waals surface area contributed by atoms with Crippen molar-refractivity contribution in [1.82, 2.24) is 4.98 Å². The fourth-order valence-corrected chi connectivity index (χ4v) is 4.37. The number of hydrogen-bond acceptors (Lipinski definition) is 7. The van der Waals surface area contributed by atoms with E-state index >= 15 is 0 Å². The molecule has 0 aliphatic carbocycles. The minimum absolute atomic E-state index is 0.00879. The Morgan fingerprint density at radius 1 is 1.19 bits per heavy atom. The van der Waals surface area contributed by atoms with Crippen molar-refractivity contribution < 1.29 is 9.72 Å². The average molecular weight is 449 g/mol. The van der Waals surface area contributed by atoms with Crippen LogP contribution in [0.1, 0.15) is 16.0 Å². The van der Waals surface area contributed by atoms with Crippen molar-refractivity contribution in [3.63, 3.8) is 0 Å². The topological polar surface area (TPSA) is 88.7 Å². The molecule has 0 bridgehead atoms. The quantitative estimate of drug-likeness (QED) is 0.165. The third kappa shape index (κ3) is 4.90. The highest BCUT2D eigenvalue weighted by Gasteiger charge is 2.17. The molecule has 0 aliphatic heterocycles.